The van der Waals surface area contributed by atoms with Crippen LogP contribution in [0.1, 0.15) is 22.3 Å². The number of likely N-dealkylation sites (tertiary alicyclic amines) is 1. The first kappa shape index (κ1) is 17.3. The van der Waals surface area contributed by atoms with Crippen molar-refractivity contribution >= 4 is 17.7 Å². The molecule has 26 heavy (non-hydrogen) atoms. The Labute approximate surface area is 156 Å². The second kappa shape index (κ2) is 7.25. The number of amides is 1. The molecule has 136 valence electrons. The summed E-state index contributed by atoms with van der Waals surface area (Å²) in [5.74, 6) is 1.35. The summed E-state index contributed by atoms with van der Waals surface area (Å²) in [4.78, 5) is 22.7. The highest BCUT2D eigenvalue weighted by atomic mass is 32.2. The number of pyridine rings is 2. The van der Waals surface area contributed by atoms with Crippen LogP contribution in [-0.4, -0.2) is 57.6 Å². The van der Waals surface area contributed by atoms with E-state index in [4.69, 9.17) is 9.47 Å². The van der Waals surface area contributed by atoms with Crippen LogP contribution in [0.2, 0.25) is 0 Å². The van der Waals surface area contributed by atoms with Crippen molar-refractivity contribution in [2.24, 2.45) is 0 Å². The SMILES string of the molecule is COc1ncccc1C(=O)N1CC2(CC(OCc3ccncc3)CS2)C1. The zero-order valence-corrected chi connectivity index (χ0v) is 15.4. The number of ether oxygens (including phenoxy) is 2. The summed E-state index contributed by atoms with van der Waals surface area (Å²) in [5, 5.41) is 0. The number of hydrogen-bond donors (Lipinski definition) is 0. The molecule has 1 amide bonds. The summed E-state index contributed by atoms with van der Waals surface area (Å²) in [6.45, 7) is 2.12. The van der Waals surface area contributed by atoms with Gasteiger partial charge in [0, 0.05) is 37.4 Å². The second-order valence-corrected chi connectivity index (χ2v) is 8.20. The van der Waals surface area contributed by atoms with E-state index in [9.17, 15) is 4.79 Å². The van der Waals surface area contributed by atoms with Crippen molar-refractivity contribution in [2.75, 3.05) is 26.0 Å². The van der Waals surface area contributed by atoms with Gasteiger partial charge in [0.2, 0.25) is 5.88 Å². The largest absolute Gasteiger partial charge is 0.480 e. The highest BCUT2D eigenvalue weighted by molar-refractivity contribution is 8.01. The standard InChI is InChI=1S/C19H21N3O3S/c1-24-17-16(3-2-6-21-17)18(23)22-12-19(13-22)9-15(11-26-19)25-10-14-4-7-20-8-5-14/h2-8,15H,9-13H2,1H3. The molecule has 0 aliphatic carbocycles. The molecule has 2 fully saturated rings. The quantitative estimate of drug-likeness (QED) is 0.804. The molecule has 1 atom stereocenters. The van der Waals surface area contributed by atoms with E-state index < -0.39 is 0 Å². The number of nitrogens with zero attached hydrogens (tertiary/aromatic N) is 3. The van der Waals surface area contributed by atoms with Crippen molar-refractivity contribution in [3.63, 3.8) is 0 Å². The van der Waals surface area contributed by atoms with Crippen LogP contribution in [-0.2, 0) is 11.3 Å². The highest BCUT2D eigenvalue weighted by Crippen LogP contribution is 2.46. The third-order valence-electron chi connectivity index (χ3n) is 4.85. The van der Waals surface area contributed by atoms with Crippen LogP contribution in [0.25, 0.3) is 0 Å². The van der Waals surface area contributed by atoms with Gasteiger partial charge in [-0.2, -0.15) is 0 Å². The molecule has 4 heterocycles. The van der Waals surface area contributed by atoms with Crippen LogP contribution in [0, 0.1) is 0 Å². The fraction of sp³-hybridized carbons (Fsp3) is 0.421. The first-order chi connectivity index (χ1) is 12.7. The van der Waals surface area contributed by atoms with Gasteiger partial charge in [0.05, 0.1) is 24.6 Å². The number of thioether (sulfide) groups is 1. The Balaban J connectivity index is 1.31. The molecule has 6 nitrogen and oxygen atoms in total. The topological polar surface area (TPSA) is 64.5 Å². The third kappa shape index (κ3) is 3.41. The van der Waals surface area contributed by atoms with Gasteiger partial charge in [-0.05, 0) is 36.2 Å². The molecule has 2 aliphatic heterocycles. The number of hydrogen-bond acceptors (Lipinski definition) is 6. The van der Waals surface area contributed by atoms with Gasteiger partial charge in [-0.25, -0.2) is 4.98 Å². The second-order valence-electron chi connectivity index (χ2n) is 6.71. The van der Waals surface area contributed by atoms with Crippen molar-refractivity contribution < 1.29 is 14.3 Å². The molecule has 2 aromatic rings. The first-order valence-electron chi connectivity index (χ1n) is 8.62. The molecule has 0 bridgehead atoms. The summed E-state index contributed by atoms with van der Waals surface area (Å²) in [5.41, 5.74) is 1.67. The van der Waals surface area contributed by atoms with Gasteiger partial charge in [0.25, 0.3) is 5.91 Å². The zero-order valence-electron chi connectivity index (χ0n) is 14.6. The molecule has 4 rings (SSSR count). The molecule has 1 spiro atoms. The van der Waals surface area contributed by atoms with Crippen LogP contribution in [0.3, 0.4) is 0 Å². The molecule has 2 aliphatic rings. The van der Waals surface area contributed by atoms with Crippen LogP contribution in [0.4, 0.5) is 0 Å². The summed E-state index contributed by atoms with van der Waals surface area (Å²) >= 11 is 1.92. The lowest BCUT2D eigenvalue weighted by Crippen LogP contribution is -2.60. The van der Waals surface area contributed by atoms with Gasteiger partial charge >= 0.3 is 0 Å². The maximum atomic E-state index is 12.7. The van der Waals surface area contributed by atoms with E-state index in [1.807, 2.05) is 28.8 Å². The summed E-state index contributed by atoms with van der Waals surface area (Å²) < 4.78 is 11.4. The van der Waals surface area contributed by atoms with Gasteiger partial charge in [0.1, 0.15) is 5.56 Å². The molecule has 7 heteroatoms. The lowest BCUT2D eigenvalue weighted by atomic mass is 9.92. The van der Waals surface area contributed by atoms with E-state index in [1.54, 1.807) is 30.7 Å². The first-order valence-corrected chi connectivity index (χ1v) is 9.60. The number of carbonyl (C=O) groups is 1. The third-order valence-corrected chi connectivity index (χ3v) is 6.43. The summed E-state index contributed by atoms with van der Waals surface area (Å²) in [6, 6.07) is 7.48. The van der Waals surface area contributed by atoms with Gasteiger partial charge < -0.3 is 14.4 Å². The Morgan fingerprint density at radius 2 is 2.12 bits per heavy atom. The number of methoxy groups -OCH3 is 1. The minimum Gasteiger partial charge on any atom is -0.480 e. The average Bonchev–Trinajstić information content (AvgIpc) is 3.10. The van der Waals surface area contributed by atoms with Crippen molar-refractivity contribution in [3.05, 3.63) is 54.0 Å². The molecule has 0 aromatic carbocycles. The zero-order chi connectivity index (χ0) is 18.0. The van der Waals surface area contributed by atoms with Crippen LogP contribution < -0.4 is 4.74 Å². The molecule has 1 unspecified atom stereocenters. The monoisotopic (exact) mass is 371 g/mol. The lowest BCUT2D eigenvalue weighted by Gasteiger charge is -2.47. The fourth-order valence-electron chi connectivity index (χ4n) is 3.50. The predicted molar refractivity (Wildman–Crippen MR) is 99.3 cm³/mol. The van der Waals surface area contributed by atoms with E-state index in [2.05, 4.69) is 9.97 Å². The van der Waals surface area contributed by atoms with E-state index in [1.165, 1.54) is 7.11 Å². The van der Waals surface area contributed by atoms with Crippen molar-refractivity contribution in [1.82, 2.24) is 14.9 Å². The maximum absolute atomic E-state index is 12.7. The van der Waals surface area contributed by atoms with Crippen molar-refractivity contribution in [2.45, 2.75) is 23.9 Å². The molecule has 0 N–H and O–H groups in total. The van der Waals surface area contributed by atoms with Gasteiger partial charge in [-0.15, -0.1) is 11.8 Å². The number of rotatable bonds is 5. The van der Waals surface area contributed by atoms with Gasteiger partial charge in [-0.1, -0.05) is 0 Å². The minimum atomic E-state index is -0.0117. The van der Waals surface area contributed by atoms with E-state index in [0.29, 0.717) is 18.1 Å². The highest BCUT2D eigenvalue weighted by Gasteiger charge is 2.51. The summed E-state index contributed by atoms with van der Waals surface area (Å²) in [6.07, 6.45) is 6.41. The molecular weight excluding hydrogens is 350 g/mol. The van der Waals surface area contributed by atoms with Crippen molar-refractivity contribution in [1.29, 1.82) is 0 Å². The van der Waals surface area contributed by atoms with Gasteiger partial charge in [-0.3, -0.25) is 9.78 Å². The number of carbonyl (C=O) groups excluding carboxylic acids is 1. The predicted octanol–water partition coefficient (Wildman–Crippen LogP) is 2.40. The van der Waals surface area contributed by atoms with Crippen LogP contribution >= 0.6 is 11.8 Å². The van der Waals surface area contributed by atoms with Crippen molar-refractivity contribution in [3.8, 4) is 5.88 Å². The molecule has 2 saturated heterocycles. The molecule has 0 radical (unpaired) electrons. The lowest BCUT2D eigenvalue weighted by molar-refractivity contribution is 0.0254. The van der Waals surface area contributed by atoms with E-state index in [0.717, 1.165) is 30.8 Å². The molecule has 2 aromatic heterocycles. The Kier molecular flexibility index (Phi) is 4.82. The fourth-order valence-corrected chi connectivity index (χ4v) is 5.05. The Bertz CT molecular complexity index is 781. The normalized spacial score (nSPS) is 20.8. The van der Waals surface area contributed by atoms with E-state index in [-0.39, 0.29) is 16.8 Å². The number of aromatic nitrogens is 2. The minimum absolute atomic E-state index is 0.0117. The Hall–Kier alpha value is -2.12. The maximum Gasteiger partial charge on any atom is 0.259 e. The Morgan fingerprint density at radius 1 is 1.31 bits per heavy atom. The smallest absolute Gasteiger partial charge is 0.259 e. The van der Waals surface area contributed by atoms with Crippen LogP contribution in [0.5, 0.6) is 5.88 Å². The molecule has 0 saturated carbocycles. The van der Waals surface area contributed by atoms with Crippen LogP contribution in [0.15, 0.2) is 42.9 Å². The van der Waals surface area contributed by atoms with E-state index >= 15 is 0 Å². The Morgan fingerprint density at radius 3 is 2.88 bits per heavy atom. The average molecular weight is 371 g/mol. The van der Waals surface area contributed by atoms with Gasteiger partial charge in [0.15, 0.2) is 0 Å². The molecular formula is C19H21N3O3S. The summed E-state index contributed by atoms with van der Waals surface area (Å²) in [7, 11) is 1.54.